The van der Waals surface area contributed by atoms with Gasteiger partial charge in [0.25, 0.3) is 5.91 Å². The van der Waals surface area contributed by atoms with E-state index in [2.05, 4.69) is 0 Å². The van der Waals surface area contributed by atoms with Gasteiger partial charge in [0.2, 0.25) is 0 Å². The van der Waals surface area contributed by atoms with E-state index in [1.165, 1.54) is 0 Å². The van der Waals surface area contributed by atoms with Crippen molar-refractivity contribution in [3.63, 3.8) is 0 Å². The van der Waals surface area contributed by atoms with Crippen molar-refractivity contribution >= 4 is 26.8 Å². The number of nitrogens with zero attached hydrogens (tertiary/aromatic N) is 1. The van der Waals surface area contributed by atoms with Gasteiger partial charge in [-0.2, -0.15) is 8.42 Å². The van der Waals surface area contributed by atoms with E-state index in [1.807, 2.05) is 42.5 Å². The van der Waals surface area contributed by atoms with Crippen molar-refractivity contribution in [1.29, 1.82) is 0 Å². The smallest absolute Gasteiger partial charge is 0.306 e. The molecule has 3 rings (SSSR count). The molecular weight excluding hydrogens is 402 g/mol. The average molecular weight is 428 g/mol. The molecule has 0 bridgehead atoms. The summed E-state index contributed by atoms with van der Waals surface area (Å²) in [6.45, 7) is 1.50. The number of ether oxygens (including phenoxy) is 1. The van der Waals surface area contributed by atoms with Crippen LogP contribution in [-0.4, -0.2) is 45.7 Å². The van der Waals surface area contributed by atoms with Crippen LogP contribution in [0.15, 0.2) is 66.7 Å². The Morgan fingerprint density at radius 1 is 0.967 bits per heavy atom. The van der Waals surface area contributed by atoms with E-state index in [0.717, 1.165) is 22.6 Å². The number of amides is 1. The van der Waals surface area contributed by atoms with E-state index in [1.54, 1.807) is 36.3 Å². The number of fused-ring (bicyclic) bond motifs is 1. The Labute approximate surface area is 177 Å². The lowest BCUT2D eigenvalue weighted by Gasteiger charge is -2.23. The molecule has 0 heterocycles. The molecule has 0 aliphatic heterocycles. The largest absolute Gasteiger partial charge is 0.385 e. The van der Waals surface area contributed by atoms with Gasteiger partial charge in [-0.25, -0.2) is 0 Å². The standard InChI is InChI=1S/C23H25NO5S/c1-28-15-5-14-24(17-18-8-12-22(13-9-18)29-30(2,26)27)23(25)21-11-10-19-6-3-4-7-20(19)16-21/h3-4,6-13,16H,5,14-15,17H2,1-2H3. The lowest BCUT2D eigenvalue weighted by Crippen LogP contribution is -2.32. The van der Waals surface area contributed by atoms with Crippen molar-refractivity contribution in [3.05, 3.63) is 77.9 Å². The molecular formula is C23H25NO5S. The van der Waals surface area contributed by atoms with Gasteiger partial charge in [0, 0.05) is 32.4 Å². The predicted octanol–water partition coefficient (Wildman–Crippen LogP) is 3.86. The second-order valence-corrected chi connectivity index (χ2v) is 8.64. The molecule has 30 heavy (non-hydrogen) atoms. The topological polar surface area (TPSA) is 72.9 Å². The van der Waals surface area contributed by atoms with Gasteiger partial charge in [-0.1, -0.05) is 42.5 Å². The number of carbonyl (C=O) groups excluding carboxylic acids is 1. The van der Waals surface area contributed by atoms with Gasteiger partial charge in [-0.3, -0.25) is 4.79 Å². The number of benzene rings is 3. The van der Waals surface area contributed by atoms with Gasteiger partial charge in [0.05, 0.1) is 6.26 Å². The summed E-state index contributed by atoms with van der Waals surface area (Å²) in [5, 5.41) is 2.10. The van der Waals surface area contributed by atoms with Crippen LogP contribution in [0.5, 0.6) is 5.75 Å². The van der Waals surface area contributed by atoms with Crippen LogP contribution in [0.25, 0.3) is 10.8 Å². The molecule has 6 nitrogen and oxygen atoms in total. The summed E-state index contributed by atoms with van der Waals surface area (Å²) in [6, 6.07) is 20.3. The van der Waals surface area contributed by atoms with Crippen molar-refractivity contribution < 1.29 is 22.1 Å². The zero-order valence-corrected chi connectivity index (χ0v) is 17.9. The quantitative estimate of drug-likeness (QED) is 0.383. The van der Waals surface area contributed by atoms with Crippen molar-refractivity contribution in [1.82, 2.24) is 4.90 Å². The van der Waals surface area contributed by atoms with Crippen LogP contribution < -0.4 is 4.18 Å². The van der Waals surface area contributed by atoms with E-state index >= 15 is 0 Å². The third-order valence-electron chi connectivity index (χ3n) is 4.60. The van der Waals surface area contributed by atoms with Crippen molar-refractivity contribution in [2.75, 3.05) is 26.5 Å². The second-order valence-electron chi connectivity index (χ2n) is 7.07. The molecule has 0 atom stereocenters. The highest BCUT2D eigenvalue weighted by molar-refractivity contribution is 7.86. The zero-order chi connectivity index (χ0) is 21.6. The highest BCUT2D eigenvalue weighted by Gasteiger charge is 2.17. The summed E-state index contributed by atoms with van der Waals surface area (Å²) in [7, 11) is -1.94. The third-order valence-corrected chi connectivity index (χ3v) is 5.10. The number of methoxy groups -OCH3 is 1. The molecule has 0 N–H and O–H groups in total. The van der Waals surface area contributed by atoms with Crippen LogP contribution >= 0.6 is 0 Å². The van der Waals surface area contributed by atoms with Gasteiger partial charge >= 0.3 is 10.1 Å². The Balaban J connectivity index is 1.79. The lowest BCUT2D eigenvalue weighted by molar-refractivity contribution is 0.0724. The van der Waals surface area contributed by atoms with Gasteiger partial charge in [0.15, 0.2) is 0 Å². The van der Waals surface area contributed by atoms with Crippen LogP contribution in [0, 0.1) is 0 Å². The Morgan fingerprint density at radius 3 is 2.33 bits per heavy atom. The summed E-state index contributed by atoms with van der Waals surface area (Å²) in [5.74, 6) is 0.182. The SMILES string of the molecule is COCCCN(Cc1ccc(OS(C)(=O)=O)cc1)C(=O)c1ccc2ccccc2c1. The van der Waals surface area contributed by atoms with Crippen LogP contribution in [0.4, 0.5) is 0 Å². The van der Waals surface area contributed by atoms with Gasteiger partial charge in [-0.15, -0.1) is 0 Å². The fourth-order valence-corrected chi connectivity index (χ4v) is 3.66. The lowest BCUT2D eigenvalue weighted by atomic mass is 10.1. The number of rotatable bonds is 9. The maximum atomic E-state index is 13.2. The van der Waals surface area contributed by atoms with Crippen molar-refractivity contribution in [3.8, 4) is 5.75 Å². The maximum absolute atomic E-state index is 13.2. The van der Waals surface area contributed by atoms with E-state index in [-0.39, 0.29) is 11.7 Å². The Kier molecular flexibility index (Phi) is 7.07. The first-order valence-electron chi connectivity index (χ1n) is 9.61. The Morgan fingerprint density at radius 2 is 1.67 bits per heavy atom. The zero-order valence-electron chi connectivity index (χ0n) is 17.1. The molecule has 0 aromatic heterocycles. The van der Waals surface area contributed by atoms with Gasteiger partial charge in [-0.05, 0) is 47.0 Å². The molecule has 0 unspecified atom stereocenters. The van der Waals surface area contributed by atoms with Crippen LogP contribution in [-0.2, 0) is 21.4 Å². The van der Waals surface area contributed by atoms with Crippen LogP contribution in [0.1, 0.15) is 22.3 Å². The van der Waals surface area contributed by atoms with Crippen LogP contribution in [0.3, 0.4) is 0 Å². The summed E-state index contributed by atoms with van der Waals surface area (Å²) < 4.78 is 32.5. The van der Waals surface area contributed by atoms with E-state index in [0.29, 0.717) is 31.7 Å². The Hall–Kier alpha value is -2.90. The predicted molar refractivity (Wildman–Crippen MR) is 117 cm³/mol. The molecule has 7 heteroatoms. The summed E-state index contributed by atoms with van der Waals surface area (Å²) in [4.78, 5) is 15.0. The van der Waals surface area contributed by atoms with Crippen LogP contribution in [0.2, 0.25) is 0 Å². The van der Waals surface area contributed by atoms with E-state index in [9.17, 15) is 13.2 Å². The number of carbonyl (C=O) groups is 1. The molecule has 3 aromatic rings. The summed E-state index contributed by atoms with van der Waals surface area (Å²) in [5.41, 5.74) is 1.51. The molecule has 0 saturated heterocycles. The second kappa shape index (κ2) is 9.73. The fourth-order valence-electron chi connectivity index (χ4n) is 3.20. The normalized spacial score (nSPS) is 11.4. The van der Waals surface area contributed by atoms with E-state index in [4.69, 9.17) is 8.92 Å². The molecule has 0 saturated carbocycles. The van der Waals surface area contributed by atoms with Crippen molar-refractivity contribution in [2.24, 2.45) is 0 Å². The molecule has 1 amide bonds. The molecule has 0 aliphatic carbocycles. The molecule has 0 radical (unpaired) electrons. The number of hydrogen-bond acceptors (Lipinski definition) is 5. The first-order valence-corrected chi connectivity index (χ1v) is 11.4. The maximum Gasteiger partial charge on any atom is 0.306 e. The minimum Gasteiger partial charge on any atom is -0.385 e. The third kappa shape index (κ3) is 6.05. The first-order chi connectivity index (χ1) is 14.4. The fraction of sp³-hybridized carbons (Fsp3) is 0.261. The summed E-state index contributed by atoms with van der Waals surface area (Å²) >= 11 is 0. The first kappa shape index (κ1) is 21.8. The van der Waals surface area contributed by atoms with Gasteiger partial charge < -0.3 is 13.8 Å². The average Bonchev–Trinajstić information content (AvgIpc) is 2.72. The highest BCUT2D eigenvalue weighted by Crippen LogP contribution is 2.19. The molecule has 0 fully saturated rings. The molecule has 0 spiro atoms. The molecule has 158 valence electrons. The van der Waals surface area contributed by atoms with Crippen molar-refractivity contribution in [2.45, 2.75) is 13.0 Å². The highest BCUT2D eigenvalue weighted by atomic mass is 32.2. The Bertz CT molecular complexity index is 1110. The minimum absolute atomic E-state index is 0.0617. The number of hydrogen-bond donors (Lipinski definition) is 0. The summed E-state index contributed by atoms with van der Waals surface area (Å²) in [6.07, 6.45) is 1.71. The molecule has 3 aromatic carbocycles. The monoisotopic (exact) mass is 427 g/mol. The van der Waals surface area contributed by atoms with Gasteiger partial charge in [0.1, 0.15) is 5.75 Å². The molecule has 0 aliphatic rings. The van der Waals surface area contributed by atoms with E-state index < -0.39 is 10.1 Å². The minimum atomic E-state index is -3.57.